The van der Waals surface area contributed by atoms with Crippen molar-refractivity contribution in [2.45, 2.75) is 46.8 Å². The largest absolute Gasteiger partial charge is 0.370 e. The molecule has 0 atom stereocenters. The van der Waals surface area contributed by atoms with E-state index >= 15 is 0 Å². The van der Waals surface area contributed by atoms with Crippen LogP contribution in [0.2, 0.25) is 0 Å². The van der Waals surface area contributed by atoms with E-state index in [1.54, 1.807) is 0 Å². The van der Waals surface area contributed by atoms with Gasteiger partial charge in [-0.2, -0.15) is 0 Å². The summed E-state index contributed by atoms with van der Waals surface area (Å²) in [7, 11) is 0. The first kappa shape index (κ1) is 16.5. The summed E-state index contributed by atoms with van der Waals surface area (Å²) in [4.78, 5) is 6.76. The number of rotatable bonds is 7. The molecule has 0 aliphatic heterocycles. The van der Waals surface area contributed by atoms with Crippen LogP contribution in [0.15, 0.2) is 29.3 Å². The molecular weight excluding hydrogens is 248 g/mol. The van der Waals surface area contributed by atoms with Crippen LogP contribution < -0.4 is 11.1 Å². The van der Waals surface area contributed by atoms with Gasteiger partial charge in [-0.1, -0.05) is 38.1 Å². The van der Waals surface area contributed by atoms with Gasteiger partial charge in [0, 0.05) is 12.6 Å². The highest BCUT2D eigenvalue weighted by molar-refractivity contribution is 5.78. The number of hydrogen-bond donors (Lipinski definition) is 2. The van der Waals surface area contributed by atoms with Gasteiger partial charge in [0.05, 0.1) is 6.54 Å². The lowest BCUT2D eigenvalue weighted by molar-refractivity contribution is 0.296. The fraction of sp³-hybridized carbons (Fsp3) is 0.562. The average molecular weight is 276 g/mol. The second kappa shape index (κ2) is 8.59. The van der Waals surface area contributed by atoms with Crippen LogP contribution in [0.5, 0.6) is 0 Å². The molecule has 0 fully saturated rings. The molecule has 0 aromatic heterocycles. The molecule has 1 rings (SSSR count). The van der Waals surface area contributed by atoms with E-state index in [2.05, 4.69) is 53.3 Å². The molecule has 0 bridgehead atoms. The molecule has 20 heavy (non-hydrogen) atoms. The highest BCUT2D eigenvalue weighted by atomic mass is 15.1. The van der Waals surface area contributed by atoms with Gasteiger partial charge >= 0.3 is 0 Å². The predicted octanol–water partition coefficient (Wildman–Crippen LogP) is 2.34. The van der Waals surface area contributed by atoms with Gasteiger partial charge in [-0.05, 0) is 38.1 Å². The Kier molecular flexibility index (Phi) is 7.09. The SMILES string of the molecule is CCN(CC)Cc1cccc(CN=C(N)NC(C)C)c1. The quantitative estimate of drug-likeness (QED) is 0.594. The first-order valence-electron chi connectivity index (χ1n) is 7.41. The topological polar surface area (TPSA) is 53.6 Å². The number of nitrogens with zero attached hydrogens (tertiary/aromatic N) is 2. The summed E-state index contributed by atoms with van der Waals surface area (Å²) in [5, 5.41) is 3.10. The molecule has 4 nitrogen and oxygen atoms in total. The molecule has 0 radical (unpaired) electrons. The second-order valence-corrected chi connectivity index (χ2v) is 5.28. The van der Waals surface area contributed by atoms with Gasteiger partial charge in [-0.25, -0.2) is 4.99 Å². The van der Waals surface area contributed by atoms with Crippen molar-refractivity contribution in [1.82, 2.24) is 10.2 Å². The fourth-order valence-corrected chi connectivity index (χ4v) is 2.05. The maximum Gasteiger partial charge on any atom is 0.189 e. The number of aliphatic imine (C=N–C) groups is 1. The van der Waals surface area contributed by atoms with Crippen LogP contribution in [0, 0.1) is 0 Å². The minimum absolute atomic E-state index is 0.313. The smallest absolute Gasteiger partial charge is 0.189 e. The molecule has 0 saturated carbocycles. The number of nitrogens with one attached hydrogen (secondary N) is 1. The Balaban J connectivity index is 2.64. The minimum Gasteiger partial charge on any atom is -0.370 e. The zero-order chi connectivity index (χ0) is 15.0. The Morgan fingerprint density at radius 3 is 2.50 bits per heavy atom. The van der Waals surface area contributed by atoms with Crippen LogP contribution in [-0.2, 0) is 13.1 Å². The van der Waals surface area contributed by atoms with E-state index in [-0.39, 0.29) is 0 Å². The van der Waals surface area contributed by atoms with Crippen molar-refractivity contribution in [3.8, 4) is 0 Å². The van der Waals surface area contributed by atoms with Gasteiger partial charge in [0.15, 0.2) is 5.96 Å². The van der Waals surface area contributed by atoms with Gasteiger partial charge < -0.3 is 11.1 Å². The summed E-state index contributed by atoms with van der Waals surface area (Å²) in [6, 6.07) is 8.88. The molecule has 112 valence electrons. The Labute approximate surface area is 123 Å². The van der Waals surface area contributed by atoms with Crippen molar-refractivity contribution in [3.63, 3.8) is 0 Å². The third-order valence-electron chi connectivity index (χ3n) is 3.16. The van der Waals surface area contributed by atoms with Crippen molar-refractivity contribution in [3.05, 3.63) is 35.4 Å². The van der Waals surface area contributed by atoms with E-state index in [4.69, 9.17) is 5.73 Å². The molecule has 0 unspecified atom stereocenters. The van der Waals surface area contributed by atoms with Crippen LogP contribution in [0.4, 0.5) is 0 Å². The number of hydrogen-bond acceptors (Lipinski definition) is 2. The van der Waals surface area contributed by atoms with Gasteiger partial charge in [-0.15, -0.1) is 0 Å². The molecule has 0 amide bonds. The molecule has 0 spiro atoms. The summed E-state index contributed by atoms with van der Waals surface area (Å²) in [5.41, 5.74) is 8.34. The Morgan fingerprint density at radius 2 is 1.90 bits per heavy atom. The van der Waals surface area contributed by atoms with E-state index < -0.39 is 0 Å². The van der Waals surface area contributed by atoms with Crippen LogP contribution >= 0.6 is 0 Å². The fourth-order valence-electron chi connectivity index (χ4n) is 2.05. The Bertz CT molecular complexity index is 422. The molecule has 0 heterocycles. The van der Waals surface area contributed by atoms with Crippen LogP contribution in [-0.4, -0.2) is 30.0 Å². The molecular formula is C16H28N4. The van der Waals surface area contributed by atoms with Crippen molar-refractivity contribution in [2.24, 2.45) is 10.7 Å². The van der Waals surface area contributed by atoms with E-state index in [0.717, 1.165) is 19.6 Å². The predicted molar refractivity (Wildman–Crippen MR) is 86.7 cm³/mol. The van der Waals surface area contributed by atoms with Crippen LogP contribution in [0.3, 0.4) is 0 Å². The summed E-state index contributed by atoms with van der Waals surface area (Å²) in [5.74, 6) is 0.508. The van der Waals surface area contributed by atoms with Crippen molar-refractivity contribution < 1.29 is 0 Å². The van der Waals surface area contributed by atoms with Gasteiger partial charge in [0.2, 0.25) is 0 Å². The van der Waals surface area contributed by atoms with E-state index in [0.29, 0.717) is 18.5 Å². The van der Waals surface area contributed by atoms with Crippen molar-refractivity contribution >= 4 is 5.96 Å². The third-order valence-corrected chi connectivity index (χ3v) is 3.16. The molecule has 0 saturated heterocycles. The van der Waals surface area contributed by atoms with Gasteiger partial charge in [0.1, 0.15) is 0 Å². The van der Waals surface area contributed by atoms with Crippen LogP contribution in [0.25, 0.3) is 0 Å². The summed E-state index contributed by atoms with van der Waals surface area (Å²) in [6.45, 7) is 12.2. The van der Waals surface area contributed by atoms with Gasteiger partial charge in [-0.3, -0.25) is 4.90 Å². The lowest BCUT2D eigenvalue weighted by Gasteiger charge is -2.18. The third kappa shape index (κ3) is 6.06. The first-order valence-corrected chi connectivity index (χ1v) is 7.41. The second-order valence-electron chi connectivity index (χ2n) is 5.28. The van der Waals surface area contributed by atoms with Gasteiger partial charge in [0.25, 0.3) is 0 Å². The standard InChI is InChI=1S/C16H28N4/c1-5-20(6-2)12-15-9-7-8-14(10-15)11-18-16(17)19-13(3)4/h7-10,13H,5-6,11-12H2,1-4H3,(H3,17,18,19). The maximum atomic E-state index is 5.81. The minimum atomic E-state index is 0.313. The lowest BCUT2D eigenvalue weighted by Crippen LogP contribution is -2.36. The summed E-state index contributed by atoms with van der Waals surface area (Å²) in [6.07, 6.45) is 0. The molecule has 1 aromatic rings. The Hall–Kier alpha value is -1.55. The average Bonchev–Trinajstić information content (AvgIpc) is 2.42. The molecule has 4 heteroatoms. The molecule has 0 aliphatic rings. The monoisotopic (exact) mass is 276 g/mol. The zero-order valence-electron chi connectivity index (χ0n) is 13.2. The van der Waals surface area contributed by atoms with Crippen molar-refractivity contribution in [2.75, 3.05) is 13.1 Å². The summed E-state index contributed by atoms with van der Waals surface area (Å²) < 4.78 is 0. The van der Waals surface area contributed by atoms with E-state index in [1.807, 2.05) is 13.8 Å². The number of nitrogens with two attached hydrogens (primary N) is 1. The number of benzene rings is 1. The number of guanidine groups is 1. The highest BCUT2D eigenvalue weighted by Gasteiger charge is 2.02. The van der Waals surface area contributed by atoms with E-state index in [9.17, 15) is 0 Å². The van der Waals surface area contributed by atoms with E-state index in [1.165, 1.54) is 11.1 Å². The highest BCUT2D eigenvalue weighted by Crippen LogP contribution is 2.09. The molecule has 0 aliphatic carbocycles. The lowest BCUT2D eigenvalue weighted by atomic mass is 10.1. The Morgan fingerprint density at radius 1 is 1.25 bits per heavy atom. The first-order chi connectivity index (χ1) is 9.55. The normalized spacial score (nSPS) is 12.2. The molecule has 3 N–H and O–H groups in total. The molecule has 1 aromatic carbocycles. The summed E-state index contributed by atoms with van der Waals surface area (Å²) >= 11 is 0. The maximum absolute atomic E-state index is 5.81. The zero-order valence-corrected chi connectivity index (χ0v) is 13.2. The van der Waals surface area contributed by atoms with Crippen molar-refractivity contribution in [1.29, 1.82) is 0 Å². The van der Waals surface area contributed by atoms with Crippen LogP contribution in [0.1, 0.15) is 38.8 Å².